The number of hydrogen-bond donors (Lipinski definition) is 1. The summed E-state index contributed by atoms with van der Waals surface area (Å²) in [7, 11) is 1.38. The quantitative estimate of drug-likeness (QED) is 0.889. The lowest BCUT2D eigenvalue weighted by Gasteiger charge is -2.13. The smallest absolute Gasteiger partial charge is 0.251 e. The molecule has 4 nitrogen and oxygen atoms in total. The average molecular weight is 291 g/mol. The number of furan rings is 1. The van der Waals surface area contributed by atoms with Crippen molar-refractivity contribution < 1.29 is 18.3 Å². The Morgan fingerprint density at radius 3 is 2.86 bits per heavy atom. The molecule has 1 aromatic heterocycles. The zero-order valence-corrected chi connectivity index (χ0v) is 12.1. The first-order valence-corrected chi connectivity index (χ1v) is 6.77. The van der Waals surface area contributed by atoms with E-state index in [1.54, 1.807) is 6.26 Å². The standard InChI is InChI=1S/C16H18FNO3/c1-11(5-7-13-4-3-9-21-13)18-16(19)12-6-8-15(20-2)14(17)10-12/h3-4,6,8-11H,5,7H2,1-2H3,(H,18,19). The predicted molar refractivity (Wildman–Crippen MR) is 76.9 cm³/mol. The van der Waals surface area contributed by atoms with Crippen LogP contribution in [0.5, 0.6) is 5.75 Å². The first-order chi connectivity index (χ1) is 10.1. The largest absolute Gasteiger partial charge is 0.494 e. The minimum atomic E-state index is -0.548. The summed E-state index contributed by atoms with van der Waals surface area (Å²) < 4.78 is 23.6. The lowest BCUT2D eigenvalue weighted by atomic mass is 10.1. The van der Waals surface area contributed by atoms with Crippen molar-refractivity contribution in [3.05, 3.63) is 53.7 Å². The molecule has 1 aromatic carbocycles. The van der Waals surface area contributed by atoms with Gasteiger partial charge in [0.1, 0.15) is 5.76 Å². The van der Waals surface area contributed by atoms with Gasteiger partial charge in [0.15, 0.2) is 11.6 Å². The monoisotopic (exact) mass is 291 g/mol. The van der Waals surface area contributed by atoms with Gasteiger partial charge < -0.3 is 14.5 Å². The third kappa shape index (κ3) is 4.08. The third-order valence-corrected chi connectivity index (χ3v) is 3.20. The fourth-order valence-corrected chi connectivity index (χ4v) is 2.00. The van der Waals surface area contributed by atoms with Crippen LogP contribution >= 0.6 is 0 Å². The van der Waals surface area contributed by atoms with Crippen molar-refractivity contribution in [1.82, 2.24) is 5.32 Å². The number of amides is 1. The number of aryl methyl sites for hydroxylation is 1. The molecule has 0 radical (unpaired) electrons. The summed E-state index contributed by atoms with van der Waals surface area (Å²) in [5.74, 6) is 0.154. The molecular formula is C16H18FNO3. The van der Waals surface area contributed by atoms with Crippen LogP contribution in [-0.2, 0) is 6.42 Å². The van der Waals surface area contributed by atoms with Crippen LogP contribution < -0.4 is 10.1 Å². The van der Waals surface area contributed by atoms with Crippen LogP contribution in [0.2, 0.25) is 0 Å². The molecular weight excluding hydrogens is 273 g/mol. The molecule has 2 aromatic rings. The van der Waals surface area contributed by atoms with E-state index in [0.29, 0.717) is 0 Å². The SMILES string of the molecule is COc1ccc(C(=O)NC(C)CCc2ccco2)cc1F. The summed E-state index contributed by atoms with van der Waals surface area (Å²) in [6.07, 6.45) is 3.11. The van der Waals surface area contributed by atoms with E-state index in [1.807, 2.05) is 19.1 Å². The molecule has 0 aliphatic heterocycles. The lowest BCUT2D eigenvalue weighted by molar-refractivity contribution is 0.0937. The predicted octanol–water partition coefficient (Wildman–Crippen LogP) is 3.18. The van der Waals surface area contributed by atoms with Crippen LogP contribution in [0, 0.1) is 5.82 Å². The Kier molecular flexibility index (Phi) is 4.98. The first kappa shape index (κ1) is 15.1. The van der Waals surface area contributed by atoms with E-state index >= 15 is 0 Å². The molecule has 0 spiro atoms. The zero-order chi connectivity index (χ0) is 15.2. The van der Waals surface area contributed by atoms with Crippen LogP contribution in [0.15, 0.2) is 41.0 Å². The van der Waals surface area contributed by atoms with Gasteiger partial charge in [0.25, 0.3) is 5.91 Å². The van der Waals surface area contributed by atoms with Gasteiger partial charge in [-0.15, -0.1) is 0 Å². The Morgan fingerprint density at radius 2 is 2.24 bits per heavy atom. The van der Waals surface area contributed by atoms with E-state index in [2.05, 4.69) is 5.32 Å². The van der Waals surface area contributed by atoms with Gasteiger partial charge in [-0.3, -0.25) is 4.79 Å². The Hall–Kier alpha value is -2.30. The van der Waals surface area contributed by atoms with Gasteiger partial charge in [-0.25, -0.2) is 4.39 Å². The molecule has 0 bridgehead atoms. The van der Waals surface area contributed by atoms with E-state index in [4.69, 9.17) is 9.15 Å². The van der Waals surface area contributed by atoms with E-state index < -0.39 is 5.82 Å². The van der Waals surface area contributed by atoms with Crippen molar-refractivity contribution in [2.75, 3.05) is 7.11 Å². The Bertz CT molecular complexity index is 596. The van der Waals surface area contributed by atoms with Crippen molar-refractivity contribution >= 4 is 5.91 Å². The average Bonchev–Trinajstić information content (AvgIpc) is 2.98. The fourth-order valence-electron chi connectivity index (χ4n) is 2.00. The molecule has 1 unspecified atom stereocenters. The molecule has 0 aliphatic carbocycles. The molecule has 0 aliphatic rings. The third-order valence-electron chi connectivity index (χ3n) is 3.20. The number of carbonyl (C=O) groups excluding carboxylic acids is 1. The molecule has 0 fully saturated rings. The summed E-state index contributed by atoms with van der Waals surface area (Å²) in [6, 6.07) is 7.85. The van der Waals surface area contributed by atoms with Crippen molar-refractivity contribution in [3.63, 3.8) is 0 Å². The van der Waals surface area contributed by atoms with E-state index in [1.165, 1.54) is 25.3 Å². The summed E-state index contributed by atoms with van der Waals surface area (Å²) in [5, 5.41) is 2.84. The van der Waals surface area contributed by atoms with Gasteiger partial charge in [-0.1, -0.05) is 0 Å². The number of ether oxygens (including phenoxy) is 1. The summed E-state index contributed by atoms with van der Waals surface area (Å²) >= 11 is 0. The fraction of sp³-hybridized carbons (Fsp3) is 0.312. The van der Waals surface area contributed by atoms with E-state index in [-0.39, 0.29) is 23.3 Å². The number of carbonyl (C=O) groups is 1. The van der Waals surface area contributed by atoms with Crippen LogP contribution in [0.4, 0.5) is 4.39 Å². The highest BCUT2D eigenvalue weighted by Gasteiger charge is 2.13. The molecule has 1 atom stereocenters. The van der Waals surface area contributed by atoms with Crippen LogP contribution in [-0.4, -0.2) is 19.1 Å². The Morgan fingerprint density at radius 1 is 1.43 bits per heavy atom. The molecule has 0 saturated carbocycles. The number of nitrogens with one attached hydrogen (secondary N) is 1. The molecule has 1 N–H and O–H groups in total. The number of hydrogen-bond acceptors (Lipinski definition) is 3. The van der Waals surface area contributed by atoms with Gasteiger partial charge in [-0.2, -0.15) is 0 Å². The number of halogens is 1. The first-order valence-electron chi connectivity index (χ1n) is 6.77. The molecule has 2 rings (SSSR count). The molecule has 1 heterocycles. The highest BCUT2D eigenvalue weighted by Crippen LogP contribution is 2.17. The zero-order valence-electron chi connectivity index (χ0n) is 12.1. The van der Waals surface area contributed by atoms with Gasteiger partial charge in [0, 0.05) is 18.0 Å². The summed E-state index contributed by atoms with van der Waals surface area (Å²) in [5.41, 5.74) is 0.276. The minimum absolute atomic E-state index is 0.0345. The van der Waals surface area contributed by atoms with Crippen molar-refractivity contribution in [1.29, 1.82) is 0 Å². The normalized spacial score (nSPS) is 12.0. The Labute approximate surface area is 122 Å². The van der Waals surface area contributed by atoms with Gasteiger partial charge >= 0.3 is 0 Å². The highest BCUT2D eigenvalue weighted by molar-refractivity contribution is 5.94. The molecule has 112 valence electrons. The molecule has 5 heteroatoms. The summed E-state index contributed by atoms with van der Waals surface area (Å²) in [6.45, 7) is 1.90. The second kappa shape index (κ2) is 6.92. The van der Waals surface area contributed by atoms with Crippen LogP contribution in [0.25, 0.3) is 0 Å². The number of benzene rings is 1. The maximum Gasteiger partial charge on any atom is 0.251 e. The number of rotatable bonds is 6. The maximum atomic E-state index is 13.6. The van der Waals surface area contributed by atoms with E-state index in [0.717, 1.165) is 18.6 Å². The van der Waals surface area contributed by atoms with Crippen molar-refractivity contribution in [3.8, 4) is 5.75 Å². The van der Waals surface area contributed by atoms with Gasteiger partial charge in [-0.05, 0) is 43.7 Å². The molecule has 0 saturated heterocycles. The van der Waals surface area contributed by atoms with Crippen molar-refractivity contribution in [2.24, 2.45) is 0 Å². The topological polar surface area (TPSA) is 51.5 Å². The molecule has 1 amide bonds. The van der Waals surface area contributed by atoms with Crippen molar-refractivity contribution in [2.45, 2.75) is 25.8 Å². The molecule has 21 heavy (non-hydrogen) atoms. The number of methoxy groups -OCH3 is 1. The van der Waals surface area contributed by atoms with Gasteiger partial charge in [0.05, 0.1) is 13.4 Å². The van der Waals surface area contributed by atoms with Crippen LogP contribution in [0.1, 0.15) is 29.5 Å². The van der Waals surface area contributed by atoms with Crippen LogP contribution in [0.3, 0.4) is 0 Å². The van der Waals surface area contributed by atoms with Gasteiger partial charge in [0.2, 0.25) is 0 Å². The van der Waals surface area contributed by atoms with E-state index in [9.17, 15) is 9.18 Å². The Balaban J connectivity index is 1.89. The lowest BCUT2D eigenvalue weighted by Crippen LogP contribution is -2.32. The second-order valence-electron chi connectivity index (χ2n) is 4.84. The second-order valence-corrected chi connectivity index (χ2v) is 4.84. The summed E-state index contributed by atoms with van der Waals surface area (Å²) in [4.78, 5) is 12.0. The minimum Gasteiger partial charge on any atom is -0.494 e. The maximum absolute atomic E-state index is 13.6. The highest BCUT2D eigenvalue weighted by atomic mass is 19.1.